The molecule has 0 aliphatic carbocycles. The summed E-state index contributed by atoms with van der Waals surface area (Å²) >= 11 is 0. The van der Waals surface area contributed by atoms with Crippen LogP contribution in [-0.2, 0) is 4.74 Å². The van der Waals surface area contributed by atoms with Gasteiger partial charge in [-0.1, -0.05) is 20.8 Å². The van der Waals surface area contributed by atoms with Crippen LogP contribution < -0.4 is 0 Å². The standard InChI is InChI=1S/C9H18O2/c1-5-6(2)8(4)11-9(10)7(5)3/h5-10H,1-4H3/t5-,6-,7-,8+,9-/m1/s1. The van der Waals surface area contributed by atoms with Crippen LogP contribution in [0.1, 0.15) is 27.7 Å². The number of aliphatic hydroxyl groups is 1. The van der Waals surface area contributed by atoms with Gasteiger partial charge in [0.05, 0.1) is 6.10 Å². The van der Waals surface area contributed by atoms with Gasteiger partial charge in [-0.25, -0.2) is 0 Å². The zero-order valence-corrected chi connectivity index (χ0v) is 7.74. The lowest BCUT2D eigenvalue weighted by molar-refractivity contribution is -0.219. The van der Waals surface area contributed by atoms with E-state index >= 15 is 0 Å². The molecule has 0 aromatic carbocycles. The zero-order valence-electron chi connectivity index (χ0n) is 7.74. The summed E-state index contributed by atoms with van der Waals surface area (Å²) in [5.74, 6) is 1.36. The third kappa shape index (κ3) is 1.57. The highest BCUT2D eigenvalue weighted by molar-refractivity contribution is 4.79. The van der Waals surface area contributed by atoms with Crippen LogP contribution in [0, 0.1) is 17.8 Å². The van der Waals surface area contributed by atoms with E-state index in [-0.39, 0.29) is 12.0 Å². The molecule has 1 aliphatic heterocycles. The van der Waals surface area contributed by atoms with Gasteiger partial charge < -0.3 is 9.84 Å². The molecule has 0 aromatic rings. The highest BCUT2D eigenvalue weighted by Crippen LogP contribution is 2.33. The van der Waals surface area contributed by atoms with Crippen molar-refractivity contribution in [1.82, 2.24) is 0 Å². The van der Waals surface area contributed by atoms with E-state index in [4.69, 9.17) is 4.74 Å². The summed E-state index contributed by atoms with van der Waals surface area (Å²) in [6.45, 7) is 8.42. The van der Waals surface area contributed by atoms with Gasteiger partial charge in [-0.15, -0.1) is 0 Å². The second kappa shape index (κ2) is 3.11. The molecule has 0 saturated carbocycles. The fourth-order valence-corrected chi connectivity index (χ4v) is 1.63. The number of rotatable bonds is 0. The van der Waals surface area contributed by atoms with E-state index in [1.807, 2.05) is 13.8 Å². The Morgan fingerprint density at radius 2 is 1.45 bits per heavy atom. The van der Waals surface area contributed by atoms with Gasteiger partial charge in [-0.3, -0.25) is 0 Å². The maximum atomic E-state index is 9.41. The predicted molar refractivity (Wildman–Crippen MR) is 44.0 cm³/mol. The Kier molecular flexibility index (Phi) is 2.55. The van der Waals surface area contributed by atoms with E-state index < -0.39 is 6.29 Å². The molecule has 1 N–H and O–H groups in total. The lowest BCUT2D eigenvalue weighted by atomic mass is 9.79. The maximum Gasteiger partial charge on any atom is 0.157 e. The van der Waals surface area contributed by atoms with E-state index in [2.05, 4.69) is 13.8 Å². The van der Waals surface area contributed by atoms with Crippen molar-refractivity contribution in [2.75, 3.05) is 0 Å². The van der Waals surface area contributed by atoms with E-state index in [1.165, 1.54) is 0 Å². The Hall–Kier alpha value is -0.0800. The first-order valence-corrected chi connectivity index (χ1v) is 4.37. The Morgan fingerprint density at radius 1 is 0.909 bits per heavy atom. The molecule has 0 bridgehead atoms. The molecule has 1 rings (SSSR count). The van der Waals surface area contributed by atoms with Gasteiger partial charge in [0.1, 0.15) is 0 Å². The molecule has 0 unspecified atom stereocenters. The first-order valence-electron chi connectivity index (χ1n) is 4.37. The van der Waals surface area contributed by atoms with Crippen molar-refractivity contribution in [3.05, 3.63) is 0 Å². The molecule has 5 atom stereocenters. The molecule has 2 heteroatoms. The van der Waals surface area contributed by atoms with Gasteiger partial charge in [0.15, 0.2) is 6.29 Å². The molecule has 11 heavy (non-hydrogen) atoms. The van der Waals surface area contributed by atoms with E-state index in [9.17, 15) is 5.11 Å². The molecule has 0 aromatic heterocycles. The minimum atomic E-state index is -0.559. The molecule has 2 nitrogen and oxygen atoms in total. The largest absolute Gasteiger partial charge is 0.368 e. The summed E-state index contributed by atoms with van der Waals surface area (Å²) in [6, 6.07) is 0. The van der Waals surface area contributed by atoms with Crippen LogP contribution in [-0.4, -0.2) is 17.5 Å². The Balaban J connectivity index is 2.63. The molecule has 1 aliphatic rings. The molecule has 66 valence electrons. The van der Waals surface area contributed by atoms with Crippen LogP contribution in [0.15, 0.2) is 0 Å². The molecule has 0 amide bonds. The van der Waals surface area contributed by atoms with Gasteiger partial charge in [0.25, 0.3) is 0 Å². The summed E-state index contributed by atoms with van der Waals surface area (Å²) in [7, 11) is 0. The first kappa shape index (κ1) is 9.01. The molecule has 1 heterocycles. The molecule has 0 radical (unpaired) electrons. The second-order valence-electron chi connectivity index (χ2n) is 3.81. The van der Waals surface area contributed by atoms with Crippen LogP contribution in [0.25, 0.3) is 0 Å². The van der Waals surface area contributed by atoms with Gasteiger partial charge in [0.2, 0.25) is 0 Å². The Labute approximate surface area is 68.6 Å². The van der Waals surface area contributed by atoms with Crippen molar-refractivity contribution in [1.29, 1.82) is 0 Å². The Morgan fingerprint density at radius 3 is 2.00 bits per heavy atom. The summed E-state index contributed by atoms with van der Waals surface area (Å²) in [5.41, 5.74) is 0. The number of hydrogen-bond acceptors (Lipinski definition) is 2. The van der Waals surface area contributed by atoms with Crippen molar-refractivity contribution in [3.63, 3.8) is 0 Å². The molecular weight excluding hydrogens is 140 g/mol. The lowest BCUT2D eigenvalue weighted by Gasteiger charge is -2.40. The predicted octanol–water partition coefficient (Wildman–Crippen LogP) is 1.63. The van der Waals surface area contributed by atoms with Gasteiger partial charge in [-0.2, -0.15) is 0 Å². The van der Waals surface area contributed by atoms with Crippen molar-refractivity contribution < 1.29 is 9.84 Å². The van der Waals surface area contributed by atoms with Crippen molar-refractivity contribution >= 4 is 0 Å². The normalized spacial score (nSPS) is 52.6. The number of aliphatic hydroxyl groups excluding tert-OH is 1. The average Bonchev–Trinajstić information content (AvgIpc) is 1.97. The highest BCUT2D eigenvalue weighted by Gasteiger charge is 2.35. The fourth-order valence-electron chi connectivity index (χ4n) is 1.63. The van der Waals surface area contributed by atoms with Crippen molar-refractivity contribution in [2.24, 2.45) is 17.8 Å². The summed E-state index contributed by atoms with van der Waals surface area (Å²) in [5, 5.41) is 9.41. The Bertz CT molecular complexity index is 122. The average molecular weight is 158 g/mol. The smallest absolute Gasteiger partial charge is 0.157 e. The topological polar surface area (TPSA) is 29.5 Å². The third-order valence-corrected chi connectivity index (χ3v) is 3.20. The molecule has 1 saturated heterocycles. The quantitative estimate of drug-likeness (QED) is 0.580. The molecule has 0 spiro atoms. The van der Waals surface area contributed by atoms with Gasteiger partial charge >= 0.3 is 0 Å². The third-order valence-electron chi connectivity index (χ3n) is 3.20. The highest BCUT2D eigenvalue weighted by atomic mass is 16.6. The van der Waals surface area contributed by atoms with E-state index in [0.29, 0.717) is 11.8 Å². The number of hydrogen-bond donors (Lipinski definition) is 1. The zero-order chi connectivity index (χ0) is 8.59. The van der Waals surface area contributed by atoms with Gasteiger partial charge in [0, 0.05) is 5.92 Å². The monoisotopic (exact) mass is 158 g/mol. The fraction of sp³-hybridized carbons (Fsp3) is 1.00. The van der Waals surface area contributed by atoms with Crippen LogP contribution >= 0.6 is 0 Å². The van der Waals surface area contributed by atoms with E-state index in [1.54, 1.807) is 0 Å². The van der Waals surface area contributed by atoms with Crippen molar-refractivity contribution in [3.8, 4) is 0 Å². The van der Waals surface area contributed by atoms with Crippen LogP contribution in [0.2, 0.25) is 0 Å². The van der Waals surface area contributed by atoms with Crippen LogP contribution in [0.5, 0.6) is 0 Å². The van der Waals surface area contributed by atoms with Gasteiger partial charge in [-0.05, 0) is 18.8 Å². The second-order valence-corrected chi connectivity index (χ2v) is 3.81. The minimum absolute atomic E-state index is 0.191. The van der Waals surface area contributed by atoms with Crippen LogP contribution in [0.3, 0.4) is 0 Å². The maximum absolute atomic E-state index is 9.41. The van der Waals surface area contributed by atoms with Crippen LogP contribution in [0.4, 0.5) is 0 Å². The SMILES string of the molecule is C[C@@H]1[C@@H](C)[C@H](C)O[C@@H](O)[C@@H]1C. The first-order chi connectivity index (χ1) is 5.04. The summed E-state index contributed by atoms with van der Waals surface area (Å²) in [4.78, 5) is 0. The minimum Gasteiger partial charge on any atom is -0.368 e. The summed E-state index contributed by atoms with van der Waals surface area (Å²) < 4.78 is 5.34. The number of ether oxygens (including phenoxy) is 1. The molecular formula is C9H18O2. The van der Waals surface area contributed by atoms with E-state index in [0.717, 1.165) is 0 Å². The van der Waals surface area contributed by atoms with Crippen molar-refractivity contribution in [2.45, 2.75) is 40.1 Å². The molecule has 1 fully saturated rings. The summed E-state index contributed by atoms with van der Waals surface area (Å²) in [6.07, 6.45) is -0.368. The lowest BCUT2D eigenvalue weighted by Crippen LogP contribution is -2.43.